The Morgan fingerprint density at radius 3 is 2.52 bits per heavy atom. The number of pyridine rings is 1. The van der Waals surface area contributed by atoms with Crippen LogP contribution in [0.25, 0.3) is 11.1 Å². The molecule has 0 spiro atoms. The van der Waals surface area contributed by atoms with Gasteiger partial charge in [0.2, 0.25) is 0 Å². The number of hydrogen-bond donors (Lipinski definition) is 1. The van der Waals surface area contributed by atoms with E-state index in [1.807, 2.05) is 0 Å². The van der Waals surface area contributed by atoms with Gasteiger partial charge in [-0.05, 0) is 44.5 Å². The highest BCUT2D eigenvalue weighted by Crippen LogP contribution is 2.27. The SMILES string of the molecule is CC(C)(C)OC(=O)c1c(N)cc(-c2cccnc2)cc1F. The lowest BCUT2D eigenvalue weighted by atomic mass is 10.0. The van der Waals surface area contributed by atoms with Crippen molar-refractivity contribution in [3.05, 3.63) is 48.0 Å². The van der Waals surface area contributed by atoms with Gasteiger partial charge in [-0.2, -0.15) is 0 Å². The van der Waals surface area contributed by atoms with Crippen molar-refractivity contribution in [2.45, 2.75) is 26.4 Å². The molecule has 0 unspecified atom stereocenters. The highest BCUT2D eigenvalue weighted by Gasteiger charge is 2.23. The number of hydrogen-bond acceptors (Lipinski definition) is 4. The third-order valence-electron chi connectivity index (χ3n) is 2.72. The summed E-state index contributed by atoms with van der Waals surface area (Å²) in [5, 5.41) is 0. The molecule has 2 N–H and O–H groups in total. The molecular formula is C16H17FN2O2. The topological polar surface area (TPSA) is 65.2 Å². The Bertz CT molecular complexity index is 641. The first-order chi connectivity index (χ1) is 9.78. The monoisotopic (exact) mass is 288 g/mol. The summed E-state index contributed by atoms with van der Waals surface area (Å²) in [6.45, 7) is 5.13. The molecule has 2 aromatic rings. The third-order valence-corrected chi connectivity index (χ3v) is 2.72. The van der Waals surface area contributed by atoms with Crippen LogP contribution in [0.1, 0.15) is 31.1 Å². The molecule has 0 atom stereocenters. The fraction of sp³-hybridized carbons (Fsp3) is 0.250. The van der Waals surface area contributed by atoms with Gasteiger partial charge in [0.05, 0.1) is 0 Å². The van der Waals surface area contributed by atoms with Gasteiger partial charge >= 0.3 is 5.97 Å². The van der Waals surface area contributed by atoms with Gasteiger partial charge in [-0.15, -0.1) is 0 Å². The molecule has 0 aliphatic rings. The minimum atomic E-state index is -0.768. The van der Waals surface area contributed by atoms with E-state index in [1.165, 1.54) is 6.07 Å². The molecule has 0 aliphatic heterocycles. The van der Waals surface area contributed by atoms with Crippen molar-refractivity contribution in [1.29, 1.82) is 0 Å². The van der Waals surface area contributed by atoms with Gasteiger partial charge in [0.15, 0.2) is 0 Å². The van der Waals surface area contributed by atoms with Gasteiger partial charge in [-0.3, -0.25) is 4.98 Å². The molecule has 1 aromatic carbocycles. The van der Waals surface area contributed by atoms with Crippen molar-refractivity contribution in [1.82, 2.24) is 4.98 Å². The number of carbonyl (C=O) groups is 1. The maximum absolute atomic E-state index is 14.2. The fourth-order valence-corrected chi connectivity index (χ4v) is 1.87. The summed E-state index contributed by atoms with van der Waals surface area (Å²) in [5.74, 6) is -1.47. The van der Waals surface area contributed by atoms with Crippen LogP contribution in [0.15, 0.2) is 36.7 Å². The number of nitrogens with zero attached hydrogens (tertiary/aromatic N) is 1. The van der Waals surface area contributed by atoms with E-state index in [0.29, 0.717) is 5.56 Å². The number of esters is 1. The quantitative estimate of drug-likeness (QED) is 0.679. The number of ether oxygens (including phenoxy) is 1. The molecule has 2 rings (SSSR count). The second kappa shape index (κ2) is 5.52. The zero-order chi connectivity index (χ0) is 15.6. The molecule has 1 heterocycles. The van der Waals surface area contributed by atoms with E-state index < -0.39 is 17.4 Å². The smallest absolute Gasteiger partial charge is 0.343 e. The van der Waals surface area contributed by atoms with Crippen molar-refractivity contribution in [2.75, 3.05) is 5.73 Å². The van der Waals surface area contributed by atoms with E-state index in [2.05, 4.69) is 4.98 Å². The van der Waals surface area contributed by atoms with Crippen LogP contribution in [-0.2, 0) is 4.74 Å². The highest BCUT2D eigenvalue weighted by atomic mass is 19.1. The molecule has 5 heteroatoms. The van der Waals surface area contributed by atoms with Crippen LogP contribution < -0.4 is 5.73 Å². The lowest BCUT2D eigenvalue weighted by molar-refractivity contribution is 0.00661. The number of halogens is 1. The summed E-state index contributed by atoms with van der Waals surface area (Å²) in [6, 6.07) is 6.32. The van der Waals surface area contributed by atoms with Gasteiger partial charge in [0, 0.05) is 23.6 Å². The predicted octanol–water partition coefficient (Wildman–Crippen LogP) is 3.43. The Morgan fingerprint density at radius 2 is 2.00 bits per heavy atom. The highest BCUT2D eigenvalue weighted by molar-refractivity contribution is 5.96. The van der Waals surface area contributed by atoms with E-state index in [0.717, 1.165) is 5.56 Å². The lowest BCUT2D eigenvalue weighted by Crippen LogP contribution is -2.25. The predicted molar refractivity (Wildman–Crippen MR) is 79.2 cm³/mol. The molecule has 0 saturated carbocycles. The number of carbonyl (C=O) groups excluding carboxylic acids is 1. The first-order valence-corrected chi connectivity index (χ1v) is 6.51. The second-order valence-corrected chi connectivity index (χ2v) is 5.67. The third kappa shape index (κ3) is 3.56. The number of nitrogen functional groups attached to an aromatic ring is 1. The van der Waals surface area contributed by atoms with Crippen LogP contribution in [0.3, 0.4) is 0 Å². The first-order valence-electron chi connectivity index (χ1n) is 6.51. The number of rotatable bonds is 2. The number of anilines is 1. The molecule has 110 valence electrons. The summed E-state index contributed by atoms with van der Waals surface area (Å²) >= 11 is 0. The first kappa shape index (κ1) is 15.0. The molecule has 21 heavy (non-hydrogen) atoms. The molecule has 0 aliphatic carbocycles. The summed E-state index contributed by atoms with van der Waals surface area (Å²) < 4.78 is 19.4. The van der Waals surface area contributed by atoms with Crippen LogP contribution in [0.4, 0.5) is 10.1 Å². The minimum absolute atomic E-state index is 0.0445. The van der Waals surface area contributed by atoms with Crippen LogP contribution in [0.2, 0.25) is 0 Å². The summed E-state index contributed by atoms with van der Waals surface area (Å²) in [5.41, 5.74) is 6.20. The summed E-state index contributed by atoms with van der Waals surface area (Å²) in [6.07, 6.45) is 3.22. The summed E-state index contributed by atoms with van der Waals surface area (Å²) in [4.78, 5) is 16.0. The normalized spacial score (nSPS) is 11.2. The number of benzene rings is 1. The van der Waals surface area contributed by atoms with E-state index >= 15 is 0 Å². The molecule has 0 amide bonds. The molecular weight excluding hydrogens is 271 g/mol. The Hall–Kier alpha value is -2.43. The zero-order valence-electron chi connectivity index (χ0n) is 12.2. The fourth-order valence-electron chi connectivity index (χ4n) is 1.87. The standard InChI is InChI=1S/C16H17FN2O2/c1-16(2,3)21-15(20)14-12(17)7-11(8-13(14)18)10-5-4-6-19-9-10/h4-9H,18H2,1-3H3. The summed E-state index contributed by atoms with van der Waals surface area (Å²) in [7, 11) is 0. The minimum Gasteiger partial charge on any atom is -0.456 e. The molecule has 1 aromatic heterocycles. The van der Waals surface area contributed by atoms with E-state index in [1.54, 1.807) is 51.4 Å². The van der Waals surface area contributed by atoms with Gasteiger partial charge in [0.1, 0.15) is 17.0 Å². The van der Waals surface area contributed by atoms with Crippen LogP contribution in [0.5, 0.6) is 0 Å². The van der Waals surface area contributed by atoms with Crippen molar-refractivity contribution in [2.24, 2.45) is 0 Å². The van der Waals surface area contributed by atoms with Gasteiger partial charge in [-0.1, -0.05) is 6.07 Å². The number of aromatic nitrogens is 1. The van der Waals surface area contributed by atoms with E-state index in [-0.39, 0.29) is 11.3 Å². The average Bonchev–Trinajstić information content (AvgIpc) is 2.36. The Labute approximate surface area is 122 Å². The van der Waals surface area contributed by atoms with Gasteiger partial charge in [-0.25, -0.2) is 9.18 Å². The molecule has 0 fully saturated rings. The van der Waals surface area contributed by atoms with E-state index in [9.17, 15) is 9.18 Å². The van der Waals surface area contributed by atoms with E-state index in [4.69, 9.17) is 10.5 Å². The second-order valence-electron chi connectivity index (χ2n) is 5.67. The Morgan fingerprint density at radius 1 is 1.29 bits per heavy atom. The largest absolute Gasteiger partial charge is 0.456 e. The molecule has 4 nitrogen and oxygen atoms in total. The van der Waals surface area contributed by atoms with Crippen LogP contribution >= 0.6 is 0 Å². The van der Waals surface area contributed by atoms with Gasteiger partial charge in [0.25, 0.3) is 0 Å². The van der Waals surface area contributed by atoms with Crippen molar-refractivity contribution < 1.29 is 13.9 Å². The maximum atomic E-state index is 14.2. The zero-order valence-corrected chi connectivity index (χ0v) is 12.2. The van der Waals surface area contributed by atoms with Crippen molar-refractivity contribution in [3.63, 3.8) is 0 Å². The molecule has 0 bridgehead atoms. The Kier molecular flexibility index (Phi) is 3.93. The van der Waals surface area contributed by atoms with Crippen LogP contribution in [0, 0.1) is 5.82 Å². The number of nitrogens with two attached hydrogens (primary N) is 1. The molecule has 0 radical (unpaired) electrons. The van der Waals surface area contributed by atoms with Crippen LogP contribution in [-0.4, -0.2) is 16.6 Å². The molecule has 0 saturated heterocycles. The van der Waals surface area contributed by atoms with Crippen molar-refractivity contribution in [3.8, 4) is 11.1 Å². The van der Waals surface area contributed by atoms with Crippen molar-refractivity contribution >= 4 is 11.7 Å². The average molecular weight is 288 g/mol. The van der Waals surface area contributed by atoms with Gasteiger partial charge < -0.3 is 10.5 Å². The Balaban J connectivity index is 2.41. The lowest BCUT2D eigenvalue weighted by Gasteiger charge is -2.20. The maximum Gasteiger partial charge on any atom is 0.343 e.